The molecule has 28 heavy (non-hydrogen) atoms. The Morgan fingerprint density at radius 2 is 2.00 bits per heavy atom. The summed E-state index contributed by atoms with van der Waals surface area (Å²) in [5.74, 6) is 1.92. The fraction of sp³-hybridized carbons (Fsp3) is 0.750. The van der Waals surface area contributed by atoms with Crippen LogP contribution in [-0.4, -0.2) is 93.2 Å². The number of hydrogen-bond acceptors (Lipinski definition) is 5. The number of piperazine rings is 1. The van der Waals surface area contributed by atoms with Gasteiger partial charge in [0.25, 0.3) is 0 Å². The fourth-order valence-electron chi connectivity index (χ4n) is 3.98. The van der Waals surface area contributed by atoms with E-state index in [9.17, 15) is 0 Å². The van der Waals surface area contributed by atoms with Crippen molar-refractivity contribution in [3.63, 3.8) is 0 Å². The second-order valence-corrected chi connectivity index (χ2v) is 7.77. The van der Waals surface area contributed by atoms with Crippen molar-refractivity contribution in [1.29, 1.82) is 0 Å². The number of hydrogen-bond donors (Lipinski definition) is 2. The lowest BCUT2D eigenvalue weighted by Gasteiger charge is -2.38. The number of nitrogens with one attached hydrogen (secondary N) is 2. The lowest BCUT2D eigenvalue weighted by Crippen LogP contribution is -2.55. The van der Waals surface area contributed by atoms with Gasteiger partial charge in [-0.05, 0) is 59.1 Å². The normalized spacial score (nSPS) is 23.4. The van der Waals surface area contributed by atoms with Gasteiger partial charge < -0.3 is 20.0 Å². The average Bonchev–Trinajstić information content (AvgIpc) is 3.37. The zero-order chi connectivity index (χ0) is 19.1. The largest absolute Gasteiger partial charge is 0.468 e. The SMILES string of the molecule is CCNC(=NCC(c1ccco1)N1CCCC1)NCC1CN(C)CCN1C.I. The van der Waals surface area contributed by atoms with E-state index in [1.807, 2.05) is 6.07 Å². The van der Waals surface area contributed by atoms with Gasteiger partial charge in [-0.15, -0.1) is 24.0 Å². The first-order chi connectivity index (χ1) is 13.2. The van der Waals surface area contributed by atoms with Gasteiger partial charge in [0.15, 0.2) is 5.96 Å². The van der Waals surface area contributed by atoms with E-state index in [1.54, 1.807) is 6.26 Å². The van der Waals surface area contributed by atoms with Crippen molar-refractivity contribution in [3.05, 3.63) is 24.2 Å². The van der Waals surface area contributed by atoms with Gasteiger partial charge in [0.2, 0.25) is 0 Å². The maximum atomic E-state index is 5.72. The first-order valence-corrected chi connectivity index (χ1v) is 10.4. The standard InChI is InChI=1S/C20H36N6O.HI/c1-4-21-20(22-14-17-16-24(2)11-12-25(17)3)23-15-18(19-8-7-13-27-19)26-9-5-6-10-26;/h7-8,13,17-18H,4-6,9-12,14-16H2,1-3H3,(H2,21,22,23);1H. The molecular weight excluding hydrogens is 467 g/mol. The highest BCUT2D eigenvalue weighted by atomic mass is 127. The van der Waals surface area contributed by atoms with Crippen LogP contribution in [0.3, 0.4) is 0 Å². The molecule has 0 aromatic carbocycles. The summed E-state index contributed by atoms with van der Waals surface area (Å²) in [6.45, 7) is 10.2. The van der Waals surface area contributed by atoms with Crippen LogP contribution < -0.4 is 10.6 Å². The molecule has 3 rings (SSSR count). The molecule has 2 aliphatic heterocycles. The Balaban J connectivity index is 0.00000280. The lowest BCUT2D eigenvalue weighted by molar-refractivity contribution is 0.116. The molecule has 0 aliphatic carbocycles. The van der Waals surface area contributed by atoms with Crippen LogP contribution in [0.15, 0.2) is 27.8 Å². The van der Waals surface area contributed by atoms with Crippen LogP contribution in [0.25, 0.3) is 0 Å². The summed E-state index contributed by atoms with van der Waals surface area (Å²) in [5, 5.41) is 6.95. The molecule has 0 amide bonds. The Bertz CT molecular complexity index is 575. The van der Waals surface area contributed by atoms with Gasteiger partial charge in [0.1, 0.15) is 5.76 Å². The monoisotopic (exact) mass is 504 g/mol. The number of likely N-dealkylation sites (N-methyl/N-ethyl adjacent to an activating group) is 2. The third kappa shape index (κ3) is 6.60. The number of likely N-dealkylation sites (tertiary alicyclic amines) is 1. The van der Waals surface area contributed by atoms with Gasteiger partial charge >= 0.3 is 0 Å². The van der Waals surface area contributed by atoms with E-state index in [2.05, 4.69) is 52.4 Å². The highest BCUT2D eigenvalue weighted by Crippen LogP contribution is 2.25. The number of aliphatic imine (C=N–C) groups is 1. The number of guanidine groups is 1. The molecule has 0 saturated carbocycles. The number of nitrogens with zero attached hydrogens (tertiary/aromatic N) is 4. The zero-order valence-electron chi connectivity index (χ0n) is 17.6. The Hall–Kier alpha value is -0.840. The summed E-state index contributed by atoms with van der Waals surface area (Å²) < 4.78 is 5.72. The average molecular weight is 504 g/mol. The quantitative estimate of drug-likeness (QED) is 0.336. The molecule has 0 radical (unpaired) electrons. The highest BCUT2D eigenvalue weighted by Gasteiger charge is 2.26. The van der Waals surface area contributed by atoms with E-state index in [4.69, 9.17) is 9.41 Å². The van der Waals surface area contributed by atoms with E-state index < -0.39 is 0 Å². The van der Waals surface area contributed by atoms with Crippen molar-refractivity contribution in [2.45, 2.75) is 31.8 Å². The smallest absolute Gasteiger partial charge is 0.191 e. The van der Waals surface area contributed by atoms with Gasteiger partial charge in [-0.1, -0.05) is 0 Å². The van der Waals surface area contributed by atoms with Crippen molar-refractivity contribution in [1.82, 2.24) is 25.3 Å². The van der Waals surface area contributed by atoms with Crippen LogP contribution in [0, 0.1) is 0 Å². The Morgan fingerprint density at radius 1 is 1.21 bits per heavy atom. The topological polar surface area (TPSA) is 59.3 Å². The molecule has 2 N–H and O–H groups in total. The first-order valence-electron chi connectivity index (χ1n) is 10.4. The van der Waals surface area contributed by atoms with Crippen LogP contribution in [-0.2, 0) is 0 Å². The van der Waals surface area contributed by atoms with E-state index in [0.29, 0.717) is 12.6 Å². The predicted octanol–water partition coefficient (Wildman–Crippen LogP) is 1.84. The molecule has 0 bridgehead atoms. The predicted molar refractivity (Wildman–Crippen MR) is 126 cm³/mol. The summed E-state index contributed by atoms with van der Waals surface area (Å²) in [4.78, 5) is 12.2. The van der Waals surface area contributed by atoms with Crippen molar-refractivity contribution < 1.29 is 4.42 Å². The van der Waals surface area contributed by atoms with E-state index in [1.165, 1.54) is 12.8 Å². The second-order valence-electron chi connectivity index (χ2n) is 7.77. The maximum Gasteiger partial charge on any atom is 0.191 e. The molecule has 2 atom stereocenters. The number of rotatable bonds is 7. The van der Waals surface area contributed by atoms with Crippen LogP contribution in [0.5, 0.6) is 0 Å². The van der Waals surface area contributed by atoms with Crippen molar-refractivity contribution >= 4 is 29.9 Å². The molecule has 3 heterocycles. The van der Waals surface area contributed by atoms with Gasteiger partial charge in [0, 0.05) is 38.8 Å². The molecule has 7 nitrogen and oxygen atoms in total. The summed E-state index contributed by atoms with van der Waals surface area (Å²) in [6.07, 6.45) is 4.29. The van der Waals surface area contributed by atoms with Gasteiger partial charge in [-0.2, -0.15) is 0 Å². The summed E-state index contributed by atoms with van der Waals surface area (Å²) >= 11 is 0. The molecule has 2 saturated heterocycles. The molecule has 1 aromatic rings. The first kappa shape index (κ1) is 23.4. The number of halogens is 1. The molecule has 2 fully saturated rings. The van der Waals surface area contributed by atoms with Crippen LogP contribution in [0.4, 0.5) is 0 Å². The van der Waals surface area contributed by atoms with Crippen molar-refractivity contribution in [2.75, 3.05) is 66.5 Å². The second kappa shape index (κ2) is 12.0. The fourth-order valence-corrected chi connectivity index (χ4v) is 3.98. The Labute approximate surface area is 186 Å². The molecule has 8 heteroatoms. The van der Waals surface area contributed by atoms with Crippen molar-refractivity contribution in [2.24, 2.45) is 4.99 Å². The minimum atomic E-state index is 0. The van der Waals surface area contributed by atoms with Crippen LogP contribution in [0.1, 0.15) is 31.6 Å². The summed E-state index contributed by atoms with van der Waals surface area (Å²) in [6, 6.07) is 4.78. The minimum absolute atomic E-state index is 0. The van der Waals surface area contributed by atoms with Crippen molar-refractivity contribution in [3.8, 4) is 0 Å². The Kier molecular flexibility index (Phi) is 10.0. The molecule has 2 aliphatic rings. The summed E-state index contributed by atoms with van der Waals surface area (Å²) in [5.41, 5.74) is 0. The molecule has 160 valence electrons. The van der Waals surface area contributed by atoms with Crippen LogP contribution >= 0.6 is 24.0 Å². The van der Waals surface area contributed by atoms with E-state index in [-0.39, 0.29) is 30.0 Å². The van der Waals surface area contributed by atoms with Gasteiger partial charge in [-0.25, -0.2) is 0 Å². The maximum absolute atomic E-state index is 5.72. The van der Waals surface area contributed by atoms with Gasteiger partial charge in [0.05, 0.1) is 18.8 Å². The zero-order valence-corrected chi connectivity index (χ0v) is 19.9. The Morgan fingerprint density at radius 3 is 2.68 bits per heavy atom. The van der Waals surface area contributed by atoms with E-state index in [0.717, 1.165) is 57.5 Å². The lowest BCUT2D eigenvalue weighted by atomic mass is 10.2. The highest BCUT2D eigenvalue weighted by molar-refractivity contribution is 14.0. The van der Waals surface area contributed by atoms with E-state index >= 15 is 0 Å². The summed E-state index contributed by atoms with van der Waals surface area (Å²) in [7, 11) is 4.41. The number of furan rings is 1. The third-order valence-corrected chi connectivity index (χ3v) is 5.70. The molecule has 1 aromatic heterocycles. The van der Waals surface area contributed by atoms with Crippen LogP contribution in [0.2, 0.25) is 0 Å². The third-order valence-electron chi connectivity index (χ3n) is 5.70. The molecular formula is C20H37IN6O. The molecule has 2 unspecified atom stereocenters. The molecule has 0 spiro atoms. The van der Waals surface area contributed by atoms with Gasteiger partial charge in [-0.3, -0.25) is 14.8 Å². The minimum Gasteiger partial charge on any atom is -0.468 e.